The number of carbonyl (C=O) groups is 1. The number of halogens is 2. The molecule has 10 heteroatoms. The number of benzene rings is 1. The third kappa shape index (κ3) is 4.64. The first-order chi connectivity index (χ1) is 16.9. The topological polar surface area (TPSA) is 92.3 Å². The number of ether oxygens (including phenoxy) is 1. The number of anilines is 3. The van der Waals surface area contributed by atoms with Crippen LogP contribution in [-0.4, -0.2) is 46.6 Å². The van der Waals surface area contributed by atoms with Crippen LogP contribution in [0.15, 0.2) is 42.7 Å². The van der Waals surface area contributed by atoms with E-state index in [1.807, 2.05) is 24.8 Å². The highest BCUT2D eigenvalue weighted by Gasteiger charge is 2.25. The van der Waals surface area contributed by atoms with Crippen LogP contribution in [0.1, 0.15) is 25.8 Å². The summed E-state index contributed by atoms with van der Waals surface area (Å²) in [6, 6.07) is 6.59. The van der Waals surface area contributed by atoms with E-state index in [4.69, 9.17) is 4.74 Å². The van der Waals surface area contributed by atoms with Gasteiger partial charge in [-0.1, -0.05) is 0 Å². The van der Waals surface area contributed by atoms with E-state index in [-0.39, 0.29) is 34.9 Å². The Morgan fingerprint density at radius 3 is 2.71 bits per heavy atom. The molecule has 0 unspecified atom stereocenters. The second kappa shape index (κ2) is 9.28. The van der Waals surface area contributed by atoms with Crippen molar-refractivity contribution in [3.05, 3.63) is 59.9 Å². The molecule has 2 aromatic heterocycles. The van der Waals surface area contributed by atoms with Crippen LogP contribution >= 0.6 is 0 Å². The van der Waals surface area contributed by atoms with Crippen molar-refractivity contribution in [2.45, 2.75) is 26.3 Å². The molecule has 180 valence electrons. The molecule has 8 nitrogen and oxygen atoms in total. The summed E-state index contributed by atoms with van der Waals surface area (Å²) >= 11 is 0. The molecule has 5 rings (SSSR count). The Kier molecular flexibility index (Phi) is 6.02. The van der Waals surface area contributed by atoms with Crippen molar-refractivity contribution in [1.82, 2.24) is 20.3 Å². The predicted octanol–water partition coefficient (Wildman–Crippen LogP) is 4.07. The number of fused-ring (bicyclic) bond motifs is 1. The van der Waals surface area contributed by atoms with Crippen LogP contribution in [0, 0.1) is 11.6 Å². The number of rotatable bonds is 5. The minimum Gasteiger partial charge on any atom is -0.486 e. The highest BCUT2D eigenvalue weighted by molar-refractivity contribution is 5.96. The number of nitrogens with zero attached hydrogens (tertiary/aromatic N) is 4. The van der Waals surface area contributed by atoms with Crippen molar-refractivity contribution in [1.29, 1.82) is 0 Å². The average molecular weight is 479 g/mol. The zero-order valence-corrected chi connectivity index (χ0v) is 19.3. The number of carbonyl (C=O) groups excluding carboxylic acids is 1. The second-order valence-electron chi connectivity index (χ2n) is 8.60. The molecule has 0 spiro atoms. The summed E-state index contributed by atoms with van der Waals surface area (Å²) in [4.78, 5) is 26.3. The van der Waals surface area contributed by atoms with Crippen LogP contribution in [0.3, 0.4) is 0 Å². The van der Waals surface area contributed by atoms with Crippen LogP contribution in [0.2, 0.25) is 0 Å². The Balaban J connectivity index is 1.42. The Bertz CT molecular complexity index is 1310. The summed E-state index contributed by atoms with van der Waals surface area (Å²) in [6.07, 6.45) is 4.97. The molecular weight excluding hydrogens is 454 g/mol. The lowest BCUT2D eigenvalue weighted by atomic mass is 10.0. The molecule has 0 fully saturated rings. The van der Waals surface area contributed by atoms with E-state index in [0.29, 0.717) is 31.2 Å². The van der Waals surface area contributed by atoms with Crippen LogP contribution in [0.4, 0.5) is 26.2 Å². The summed E-state index contributed by atoms with van der Waals surface area (Å²) in [6.45, 7) is 5.58. The molecular formula is C25H24F2N6O2. The smallest absolute Gasteiger partial charge is 0.244 e. The van der Waals surface area contributed by atoms with Crippen molar-refractivity contribution >= 4 is 28.9 Å². The first-order valence-corrected chi connectivity index (χ1v) is 11.4. The number of nitrogens with one attached hydrogen (secondary N) is 2. The van der Waals surface area contributed by atoms with Gasteiger partial charge in [0, 0.05) is 30.4 Å². The summed E-state index contributed by atoms with van der Waals surface area (Å²) in [5.74, 6) is -0.637. The van der Waals surface area contributed by atoms with Crippen LogP contribution in [0.25, 0.3) is 16.8 Å². The van der Waals surface area contributed by atoms with Gasteiger partial charge < -0.3 is 20.3 Å². The fourth-order valence-corrected chi connectivity index (χ4v) is 4.21. The van der Waals surface area contributed by atoms with E-state index in [2.05, 4.69) is 25.6 Å². The lowest BCUT2D eigenvalue weighted by Crippen LogP contribution is -2.38. The molecule has 3 aromatic rings. The van der Waals surface area contributed by atoms with Gasteiger partial charge in [-0.25, -0.2) is 23.7 Å². The molecule has 0 bridgehead atoms. The van der Waals surface area contributed by atoms with Crippen LogP contribution in [-0.2, 0) is 4.79 Å². The maximum Gasteiger partial charge on any atom is 0.244 e. The molecule has 35 heavy (non-hydrogen) atoms. The van der Waals surface area contributed by atoms with Crippen molar-refractivity contribution in [3.63, 3.8) is 0 Å². The first-order valence-electron chi connectivity index (χ1n) is 11.4. The summed E-state index contributed by atoms with van der Waals surface area (Å²) in [5, 5.41) is 5.71. The van der Waals surface area contributed by atoms with Gasteiger partial charge in [0.05, 0.1) is 18.4 Å². The minimum atomic E-state index is -0.673. The molecule has 2 N–H and O–H groups in total. The highest BCUT2D eigenvalue weighted by atomic mass is 19.1. The minimum absolute atomic E-state index is 0.0338. The fourth-order valence-electron chi connectivity index (χ4n) is 4.21. The molecule has 0 aliphatic carbocycles. The molecule has 2 aliphatic rings. The maximum absolute atomic E-state index is 14.9. The first kappa shape index (κ1) is 22.7. The van der Waals surface area contributed by atoms with E-state index in [1.165, 1.54) is 6.07 Å². The normalized spacial score (nSPS) is 15.3. The number of amides is 1. The van der Waals surface area contributed by atoms with E-state index < -0.39 is 11.6 Å². The van der Waals surface area contributed by atoms with Crippen molar-refractivity contribution in [2.75, 3.05) is 29.9 Å². The van der Waals surface area contributed by atoms with E-state index in [9.17, 15) is 13.6 Å². The largest absolute Gasteiger partial charge is 0.486 e. The van der Waals surface area contributed by atoms with Crippen molar-refractivity contribution in [3.8, 4) is 17.0 Å². The molecule has 1 amide bonds. The van der Waals surface area contributed by atoms with Crippen molar-refractivity contribution < 1.29 is 18.3 Å². The van der Waals surface area contributed by atoms with Gasteiger partial charge in [-0.3, -0.25) is 4.79 Å². The van der Waals surface area contributed by atoms with Gasteiger partial charge in [-0.2, -0.15) is 0 Å². The van der Waals surface area contributed by atoms with Crippen molar-refractivity contribution in [2.24, 2.45) is 0 Å². The Morgan fingerprint density at radius 2 is 1.97 bits per heavy atom. The molecule has 4 heterocycles. The van der Waals surface area contributed by atoms with Crippen LogP contribution in [0.5, 0.6) is 5.75 Å². The molecule has 0 radical (unpaired) electrons. The Labute approximate surface area is 201 Å². The van der Waals surface area contributed by atoms with Gasteiger partial charge in [0.1, 0.15) is 18.1 Å². The summed E-state index contributed by atoms with van der Waals surface area (Å²) in [5.41, 5.74) is 2.56. The van der Waals surface area contributed by atoms with Gasteiger partial charge in [0.25, 0.3) is 0 Å². The summed E-state index contributed by atoms with van der Waals surface area (Å²) < 4.78 is 35.1. The average Bonchev–Trinajstić information content (AvgIpc) is 2.85. The monoisotopic (exact) mass is 478 g/mol. The Hall–Kier alpha value is -4.08. The number of hydrogen-bond donors (Lipinski definition) is 2. The molecule has 0 saturated heterocycles. The second-order valence-corrected chi connectivity index (χ2v) is 8.60. The van der Waals surface area contributed by atoms with Gasteiger partial charge >= 0.3 is 0 Å². The molecule has 0 atom stereocenters. The lowest BCUT2D eigenvalue weighted by molar-refractivity contribution is -0.116. The highest BCUT2D eigenvalue weighted by Crippen LogP contribution is 2.39. The predicted molar refractivity (Wildman–Crippen MR) is 128 cm³/mol. The van der Waals surface area contributed by atoms with Gasteiger partial charge in [0.15, 0.2) is 17.4 Å². The molecule has 2 aliphatic heterocycles. The maximum atomic E-state index is 14.9. The standard InChI is InChI=1S/C25H24F2N6O2/c1-14(2)33-7-8-35-24-18(26)9-17(10-20(24)33)23-19(27)13-30-25(32-23)31-21-4-3-16(12-29-21)15-5-6-28-22(34)11-15/h3-4,9-14H,5-8H2,1-2H3,(H,28,34)(H,29,30,31,32). The lowest BCUT2D eigenvalue weighted by Gasteiger charge is -2.34. The quantitative estimate of drug-likeness (QED) is 0.571. The summed E-state index contributed by atoms with van der Waals surface area (Å²) in [7, 11) is 0. The van der Waals surface area contributed by atoms with E-state index in [1.54, 1.807) is 24.4 Å². The zero-order valence-electron chi connectivity index (χ0n) is 19.3. The molecule has 1 aromatic carbocycles. The third-order valence-corrected chi connectivity index (χ3v) is 5.93. The van der Waals surface area contributed by atoms with Gasteiger partial charge in [-0.05, 0) is 55.7 Å². The van der Waals surface area contributed by atoms with Gasteiger partial charge in [-0.15, -0.1) is 0 Å². The third-order valence-electron chi connectivity index (χ3n) is 5.93. The fraction of sp³-hybridized carbons (Fsp3) is 0.280. The van der Waals surface area contributed by atoms with Crippen LogP contribution < -0.4 is 20.3 Å². The molecule has 0 saturated carbocycles. The number of aromatic nitrogens is 3. The SMILES string of the molecule is CC(C)N1CCOc2c(F)cc(-c3nc(Nc4ccc(C5=CC(=O)NCC5)cn4)ncc3F)cc21. The van der Waals surface area contributed by atoms with E-state index in [0.717, 1.165) is 23.8 Å². The Morgan fingerprint density at radius 1 is 1.11 bits per heavy atom. The number of pyridine rings is 1. The van der Waals surface area contributed by atoms with E-state index >= 15 is 0 Å². The number of hydrogen-bond acceptors (Lipinski definition) is 7. The van der Waals surface area contributed by atoms with Gasteiger partial charge in [0.2, 0.25) is 11.9 Å². The zero-order chi connectivity index (χ0) is 24.5.